The van der Waals surface area contributed by atoms with E-state index in [1.165, 1.54) is 0 Å². The normalized spacial score (nSPS) is 19.1. The van der Waals surface area contributed by atoms with Crippen LogP contribution in [0.3, 0.4) is 0 Å². The maximum Gasteiger partial charge on any atom is 0.407 e. The topological polar surface area (TPSA) is 122 Å². The van der Waals surface area contributed by atoms with Crippen molar-refractivity contribution in [2.24, 2.45) is 0 Å². The van der Waals surface area contributed by atoms with E-state index in [2.05, 4.69) is 16.4 Å². The van der Waals surface area contributed by atoms with Gasteiger partial charge in [0.05, 0.1) is 17.7 Å². The van der Waals surface area contributed by atoms with Crippen LogP contribution in [0.1, 0.15) is 50.8 Å². The van der Waals surface area contributed by atoms with Gasteiger partial charge in [0, 0.05) is 13.1 Å². The van der Waals surface area contributed by atoms with Crippen molar-refractivity contribution >= 4 is 23.5 Å². The second kappa shape index (κ2) is 8.22. The van der Waals surface area contributed by atoms with E-state index >= 15 is 0 Å². The fourth-order valence-electron chi connectivity index (χ4n) is 3.14. The van der Waals surface area contributed by atoms with Gasteiger partial charge in [-0.3, -0.25) is 0 Å². The molecule has 0 bridgehead atoms. The number of β-amino-alcohol motifs (C(OH)–C–C–N with tert-alkyl or cyclic N) is 1. The van der Waals surface area contributed by atoms with Crippen molar-refractivity contribution in [1.29, 1.82) is 10.5 Å². The smallest absolute Gasteiger partial charge is 0.407 e. The van der Waals surface area contributed by atoms with Crippen molar-refractivity contribution in [1.82, 2.24) is 10.3 Å². The zero-order chi connectivity index (χ0) is 21.1. The van der Waals surface area contributed by atoms with Crippen molar-refractivity contribution < 1.29 is 14.6 Å². The number of rotatable bonds is 4. The molecule has 1 saturated heterocycles. The lowest BCUT2D eigenvalue weighted by Gasteiger charge is -2.26. The van der Waals surface area contributed by atoms with Gasteiger partial charge in [0.2, 0.25) is 0 Å². The highest BCUT2D eigenvalue weighted by Gasteiger charge is 2.38. The van der Waals surface area contributed by atoms with E-state index in [9.17, 15) is 20.4 Å². The average Bonchev–Trinajstić information content (AvgIpc) is 3.00. The van der Waals surface area contributed by atoms with Crippen LogP contribution < -0.4 is 10.2 Å². The molecule has 28 heavy (non-hydrogen) atoms. The summed E-state index contributed by atoms with van der Waals surface area (Å²) in [7, 11) is 0. The molecule has 2 rings (SSSR count). The molecular weight excluding hydrogens is 382 g/mol. The molecule has 1 fully saturated rings. The van der Waals surface area contributed by atoms with E-state index in [-0.39, 0.29) is 29.4 Å². The van der Waals surface area contributed by atoms with E-state index in [1.807, 2.05) is 13.0 Å². The SMILES string of the molecule is CCc1c(C#N)c(Cl)nc(N2CC[C@](O)(CNC(=O)OC(C)(C)C)C2)c1C#N. The number of anilines is 1. The van der Waals surface area contributed by atoms with Crippen molar-refractivity contribution in [3.63, 3.8) is 0 Å². The van der Waals surface area contributed by atoms with Crippen molar-refractivity contribution in [3.8, 4) is 12.1 Å². The Morgan fingerprint density at radius 3 is 2.57 bits per heavy atom. The van der Waals surface area contributed by atoms with Gasteiger partial charge in [-0.15, -0.1) is 0 Å². The van der Waals surface area contributed by atoms with Crippen LogP contribution in [0.4, 0.5) is 10.6 Å². The molecule has 1 aliphatic heterocycles. The lowest BCUT2D eigenvalue weighted by molar-refractivity contribution is 0.0344. The summed E-state index contributed by atoms with van der Waals surface area (Å²) in [5, 5.41) is 32.4. The number of nitriles is 2. The third-order valence-electron chi connectivity index (χ3n) is 4.41. The predicted octanol–water partition coefficient (Wildman–Crippen LogP) is 2.51. The third kappa shape index (κ3) is 4.83. The minimum Gasteiger partial charge on any atom is -0.444 e. The van der Waals surface area contributed by atoms with Gasteiger partial charge >= 0.3 is 6.09 Å². The van der Waals surface area contributed by atoms with Crippen LogP contribution in [0, 0.1) is 22.7 Å². The second-order valence-electron chi connectivity index (χ2n) is 7.78. The van der Waals surface area contributed by atoms with Crippen molar-refractivity contribution in [2.45, 2.75) is 51.7 Å². The Bertz CT molecular complexity index is 853. The van der Waals surface area contributed by atoms with Crippen molar-refractivity contribution in [2.75, 3.05) is 24.5 Å². The van der Waals surface area contributed by atoms with Crippen molar-refractivity contribution in [3.05, 3.63) is 21.8 Å². The summed E-state index contributed by atoms with van der Waals surface area (Å²) in [6.45, 7) is 7.71. The molecule has 1 amide bonds. The number of carbonyl (C=O) groups excluding carboxylic acids is 1. The number of amides is 1. The van der Waals surface area contributed by atoms with Gasteiger partial charge in [0.15, 0.2) is 0 Å². The first-order chi connectivity index (χ1) is 13.0. The summed E-state index contributed by atoms with van der Waals surface area (Å²) >= 11 is 6.15. The molecule has 1 aromatic rings. The summed E-state index contributed by atoms with van der Waals surface area (Å²) in [6.07, 6.45) is 0.221. The standard InChI is InChI=1S/C19H24ClN5O3/c1-5-12-13(8-21)15(20)24-16(14(12)9-22)25-7-6-19(27,11-25)10-23-17(26)28-18(2,3)4/h27H,5-7,10-11H2,1-4H3,(H,23,26)/t19-/m0/s1. The third-order valence-corrected chi connectivity index (χ3v) is 4.68. The Morgan fingerprint density at radius 1 is 1.39 bits per heavy atom. The van der Waals surface area contributed by atoms with Gasteiger partial charge in [0.1, 0.15) is 34.3 Å². The molecule has 0 spiro atoms. The average molecular weight is 406 g/mol. The predicted molar refractivity (Wildman–Crippen MR) is 104 cm³/mol. The fourth-order valence-corrected chi connectivity index (χ4v) is 3.37. The highest BCUT2D eigenvalue weighted by atomic mass is 35.5. The quantitative estimate of drug-likeness (QED) is 0.737. The number of alkyl carbamates (subject to hydrolysis) is 1. The summed E-state index contributed by atoms with van der Waals surface area (Å²) in [4.78, 5) is 17.8. The molecule has 0 saturated carbocycles. The summed E-state index contributed by atoms with van der Waals surface area (Å²) < 4.78 is 5.18. The molecule has 1 atom stereocenters. The minimum atomic E-state index is -1.20. The Hall–Kier alpha value is -2.55. The molecule has 1 aliphatic rings. The first-order valence-electron chi connectivity index (χ1n) is 9.00. The zero-order valence-electron chi connectivity index (χ0n) is 16.5. The van der Waals surface area contributed by atoms with Gasteiger partial charge in [0.25, 0.3) is 0 Å². The van der Waals surface area contributed by atoms with Gasteiger partial charge in [-0.05, 0) is 39.2 Å². The first kappa shape index (κ1) is 21.7. The highest BCUT2D eigenvalue weighted by Crippen LogP contribution is 2.33. The number of aliphatic hydroxyl groups is 1. The van der Waals surface area contributed by atoms with Crippen LogP contribution in [0.25, 0.3) is 0 Å². The lowest BCUT2D eigenvalue weighted by atomic mass is 10.0. The van der Waals surface area contributed by atoms with E-state index in [1.54, 1.807) is 25.7 Å². The number of hydrogen-bond acceptors (Lipinski definition) is 7. The number of ether oxygens (including phenoxy) is 1. The molecule has 9 heteroatoms. The first-order valence-corrected chi connectivity index (χ1v) is 9.38. The molecule has 2 heterocycles. The molecule has 1 aromatic heterocycles. The van der Waals surface area contributed by atoms with Crippen LogP contribution in [-0.4, -0.2) is 47.0 Å². The number of carbonyl (C=O) groups is 1. The van der Waals surface area contributed by atoms with Gasteiger partial charge in [-0.2, -0.15) is 10.5 Å². The highest BCUT2D eigenvalue weighted by molar-refractivity contribution is 6.30. The molecule has 8 nitrogen and oxygen atoms in total. The summed E-state index contributed by atoms with van der Waals surface area (Å²) in [5.74, 6) is 0.344. The fraction of sp³-hybridized carbons (Fsp3) is 0.579. The van der Waals surface area contributed by atoms with Gasteiger partial charge in [-0.1, -0.05) is 18.5 Å². The maximum atomic E-state index is 11.8. The molecule has 0 aromatic carbocycles. The summed E-state index contributed by atoms with van der Waals surface area (Å²) in [5.41, 5.74) is -0.797. The minimum absolute atomic E-state index is 0.00491. The van der Waals surface area contributed by atoms with E-state index in [0.29, 0.717) is 30.8 Å². The molecule has 0 aliphatic carbocycles. The molecule has 2 N–H and O–H groups in total. The molecule has 150 valence electrons. The van der Waals surface area contributed by atoms with Crippen LogP contribution in [0.15, 0.2) is 0 Å². The summed E-state index contributed by atoms with van der Waals surface area (Å²) in [6, 6.07) is 4.11. The molecule has 0 unspecified atom stereocenters. The number of hydrogen-bond donors (Lipinski definition) is 2. The zero-order valence-corrected chi connectivity index (χ0v) is 17.2. The number of halogens is 1. The van der Waals surface area contributed by atoms with Gasteiger partial charge < -0.3 is 20.1 Å². The number of aromatic nitrogens is 1. The van der Waals surface area contributed by atoms with Crippen LogP contribution in [0.2, 0.25) is 5.15 Å². The number of nitrogens with zero attached hydrogens (tertiary/aromatic N) is 4. The van der Waals surface area contributed by atoms with E-state index in [0.717, 1.165) is 0 Å². The Balaban J connectivity index is 2.20. The van der Waals surface area contributed by atoms with Crippen LogP contribution in [-0.2, 0) is 11.2 Å². The monoisotopic (exact) mass is 405 g/mol. The van der Waals surface area contributed by atoms with Crippen LogP contribution in [0.5, 0.6) is 0 Å². The largest absolute Gasteiger partial charge is 0.444 e. The van der Waals surface area contributed by atoms with Gasteiger partial charge in [-0.25, -0.2) is 9.78 Å². The van der Waals surface area contributed by atoms with E-state index < -0.39 is 17.3 Å². The van der Waals surface area contributed by atoms with Crippen LogP contribution >= 0.6 is 11.6 Å². The van der Waals surface area contributed by atoms with E-state index in [4.69, 9.17) is 16.3 Å². The Morgan fingerprint density at radius 2 is 2.04 bits per heavy atom. The Labute approximate surface area is 169 Å². The number of pyridine rings is 1. The second-order valence-corrected chi connectivity index (χ2v) is 8.14. The molecule has 0 radical (unpaired) electrons. The molecular formula is C19H24ClN5O3. The number of nitrogens with one attached hydrogen (secondary N) is 1. The Kier molecular flexibility index (Phi) is 6.38. The maximum absolute atomic E-state index is 11.8. The lowest BCUT2D eigenvalue weighted by Crippen LogP contribution is -2.46.